The van der Waals surface area contributed by atoms with Crippen LogP contribution in [0.4, 0.5) is 0 Å². The second-order valence-electron chi connectivity index (χ2n) is 4.73. The highest BCUT2D eigenvalue weighted by molar-refractivity contribution is 7.99. The highest BCUT2D eigenvalue weighted by Crippen LogP contribution is 2.26. The first-order valence-electron chi connectivity index (χ1n) is 6.76. The number of aliphatic hydroxyl groups is 1. The average Bonchev–Trinajstić information content (AvgIpc) is 2.44. The molecular formula is C17H20O2S. The van der Waals surface area contributed by atoms with Gasteiger partial charge in [-0.3, -0.25) is 0 Å². The summed E-state index contributed by atoms with van der Waals surface area (Å²) in [6.07, 6.45) is -0.507. The van der Waals surface area contributed by atoms with Crippen molar-refractivity contribution in [2.75, 3.05) is 12.4 Å². The number of hydrogen-bond donors (Lipinski definition) is 1. The standard InChI is InChI=1S/C17H20O2S/c1-13-8-9-16(14(2)18)17(12-13)19-10-11-20-15-6-4-3-5-7-15/h3-9,12,14,18H,10-11H2,1-2H3/t14-/m0/s1. The first kappa shape index (κ1) is 14.9. The van der Waals surface area contributed by atoms with Gasteiger partial charge in [-0.05, 0) is 37.6 Å². The van der Waals surface area contributed by atoms with Crippen molar-refractivity contribution in [1.29, 1.82) is 0 Å². The fourth-order valence-corrected chi connectivity index (χ4v) is 2.69. The fourth-order valence-electron chi connectivity index (χ4n) is 1.94. The Bertz CT molecular complexity index is 538. The lowest BCUT2D eigenvalue weighted by molar-refractivity contribution is 0.192. The van der Waals surface area contributed by atoms with Gasteiger partial charge < -0.3 is 9.84 Å². The van der Waals surface area contributed by atoms with Crippen molar-refractivity contribution < 1.29 is 9.84 Å². The zero-order chi connectivity index (χ0) is 14.4. The molecule has 0 amide bonds. The molecule has 106 valence electrons. The van der Waals surface area contributed by atoms with Crippen molar-refractivity contribution in [3.05, 3.63) is 59.7 Å². The van der Waals surface area contributed by atoms with Gasteiger partial charge in [-0.25, -0.2) is 0 Å². The quantitative estimate of drug-likeness (QED) is 0.637. The van der Waals surface area contributed by atoms with Crippen LogP contribution in [0.5, 0.6) is 5.75 Å². The maximum atomic E-state index is 9.74. The number of rotatable bonds is 6. The highest BCUT2D eigenvalue weighted by Gasteiger charge is 2.09. The third kappa shape index (κ3) is 4.29. The first-order chi connectivity index (χ1) is 9.66. The van der Waals surface area contributed by atoms with E-state index in [1.165, 1.54) is 4.90 Å². The van der Waals surface area contributed by atoms with Crippen LogP contribution >= 0.6 is 11.8 Å². The van der Waals surface area contributed by atoms with Gasteiger partial charge in [0, 0.05) is 16.2 Å². The predicted octanol–water partition coefficient (Wildman–Crippen LogP) is 4.22. The Labute approximate surface area is 124 Å². The van der Waals surface area contributed by atoms with Crippen LogP contribution in [-0.2, 0) is 0 Å². The van der Waals surface area contributed by atoms with Crippen molar-refractivity contribution in [1.82, 2.24) is 0 Å². The Kier molecular flexibility index (Phi) is 5.50. The van der Waals surface area contributed by atoms with Gasteiger partial charge in [0.1, 0.15) is 5.75 Å². The molecule has 0 unspecified atom stereocenters. The Hall–Kier alpha value is -1.45. The lowest BCUT2D eigenvalue weighted by Gasteiger charge is -2.14. The number of aliphatic hydroxyl groups excluding tert-OH is 1. The number of benzene rings is 2. The Morgan fingerprint density at radius 2 is 1.90 bits per heavy atom. The van der Waals surface area contributed by atoms with E-state index >= 15 is 0 Å². The summed E-state index contributed by atoms with van der Waals surface area (Å²) < 4.78 is 5.82. The van der Waals surface area contributed by atoms with Gasteiger partial charge >= 0.3 is 0 Å². The maximum absolute atomic E-state index is 9.74. The molecule has 2 nitrogen and oxygen atoms in total. The summed E-state index contributed by atoms with van der Waals surface area (Å²) in [5, 5.41) is 9.74. The normalized spacial score (nSPS) is 12.2. The lowest BCUT2D eigenvalue weighted by atomic mass is 10.1. The Morgan fingerprint density at radius 1 is 1.15 bits per heavy atom. The molecule has 20 heavy (non-hydrogen) atoms. The van der Waals surface area contributed by atoms with E-state index in [0.29, 0.717) is 6.61 Å². The van der Waals surface area contributed by atoms with E-state index in [9.17, 15) is 5.11 Å². The summed E-state index contributed by atoms with van der Waals surface area (Å²) in [7, 11) is 0. The molecule has 3 heteroatoms. The van der Waals surface area contributed by atoms with Crippen LogP contribution in [0.2, 0.25) is 0 Å². The molecule has 0 aromatic heterocycles. The fraction of sp³-hybridized carbons (Fsp3) is 0.294. The molecule has 1 N–H and O–H groups in total. The molecule has 2 aromatic carbocycles. The zero-order valence-electron chi connectivity index (χ0n) is 11.9. The predicted molar refractivity (Wildman–Crippen MR) is 84.5 cm³/mol. The molecule has 0 aliphatic heterocycles. The number of ether oxygens (including phenoxy) is 1. The van der Waals surface area contributed by atoms with Crippen molar-refractivity contribution in [2.24, 2.45) is 0 Å². The van der Waals surface area contributed by atoms with E-state index in [-0.39, 0.29) is 0 Å². The zero-order valence-corrected chi connectivity index (χ0v) is 12.7. The van der Waals surface area contributed by atoms with E-state index in [1.54, 1.807) is 18.7 Å². The first-order valence-corrected chi connectivity index (χ1v) is 7.74. The molecule has 2 aromatic rings. The van der Waals surface area contributed by atoms with Gasteiger partial charge in [0.05, 0.1) is 12.7 Å². The van der Waals surface area contributed by atoms with E-state index in [1.807, 2.05) is 43.3 Å². The topological polar surface area (TPSA) is 29.5 Å². The summed E-state index contributed by atoms with van der Waals surface area (Å²) in [6, 6.07) is 16.2. The van der Waals surface area contributed by atoms with Crippen LogP contribution in [0, 0.1) is 6.92 Å². The van der Waals surface area contributed by atoms with Crippen LogP contribution in [0.1, 0.15) is 24.2 Å². The van der Waals surface area contributed by atoms with E-state index in [0.717, 1.165) is 22.6 Å². The number of aryl methyl sites for hydroxylation is 1. The molecule has 0 spiro atoms. The molecule has 0 saturated carbocycles. The van der Waals surface area contributed by atoms with Crippen LogP contribution in [0.25, 0.3) is 0 Å². The molecule has 0 aliphatic rings. The third-order valence-electron chi connectivity index (χ3n) is 2.97. The van der Waals surface area contributed by atoms with Crippen molar-refractivity contribution in [3.8, 4) is 5.75 Å². The van der Waals surface area contributed by atoms with Gasteiger partial charge in [0.2, 0.25) is 0 Å². The van der Waals surface area contributed by atoms with Gasteiger partial charge in [0.15, 0.2) is 0 Å². The molecular weight excluding hydrogens is 268 g/mol. The summed E-state index contributed by atoms with van der Waals surface area (Å²) in [4.78, 5) is 1.25. The molecule has 0 heterocycles. The van der Waals surface area contributed by atoms with Crippen LogP contribution in [0.3, 0.4) is 0 Å². The smallest absolute Gasteiger partial charge is 0.125 e. The molecule has 0 radical (unpaired) electrons. The lowest BCUT2D eigenvalue weighted by Crippen LogP contribution is -2.04. The highest BCUT2D eigenvalue weighted by atomic mass is 32.2. The SMILES string of the molecule is Cc1ccc([C@H](C)O)c(OCCSc2ccccc2)c1. The molecule has 0 fully saturated rings. The monoisotopic (exact) mass is 288 g/mol. The largest absolute Gasteiger partial charge is 0.492 e. The average molecular weight is 288 g/mol. The summed E-state index contributed by atoms with van der Waals surface area (Å²) in [5.41, 5.74) is 1.99. The molecule has 2 rings (SSSR count). The van der Waals surface area contributed by atoms with Crippen molar-refractivity contribution in [2.45, 2.75) is 24.8 Å². The van der Waals surface area contributed by atoms with E-state index < -0.39 is 6.10 Å². The Morgan fingerprint density at radius 3 is 2.60 bits per heavy atom. The van der Waals surface area contributed by atoms with Gasteiger partial charge in [-0.15, -0.1) is 11.8 Å². The van der Waals surface area contributed by atoms with Crippen molar-refractivity contribution >= 4 is 11.8 Å². The van der Waals surface area contributed by atoms with Gasteiger partial charge in [0.25, 0.3) is 0 Å². The summed E-state index contributed by atoms with van der Waals surface area (Å²) >= 11 is 1.77. The van der Waals surface area contributed by atoms with Gasteiger partial charge in [-0.1, -0.05) is 30.3 Å². The molecule has 0 bridgehead atoms. The maximum Gasteiger partial charge on any atom is 0.125 e. The van der Waals surface area contributed by atoms with Crippen LogP contribution in [-0.4, -0.2) is 17.5 Å². The summed E-state index contributed by atoms with van der Waals surface area (Å²) in [6.45, 7) is 4.41. The molecule has 0 saturated heterocycles. The second kappa shape index (κ2) is 7.36. The van der Waals surface area contributed by atoms with E-state index in [4.69, 9.17) is 4.74 Å². The van der Waals surface area contributed by atoms with E-state index in [2.05, 4.69) is 12.1 Å². The number of hydrogen-bond acceptors (Lipinski definition) is 3. The van der Waals surface area contributed by atoms with Crippen LogP contribution < -0.4 is 4.74 Å². The van der Waals surface area contributed by atoms with Crippen molar-refractivity contribution in [3.63, 3.8) is 0 Å². The van der Waals surface area contributed by atoms with Crippen LogP contribution in [0.15, 0.2) is 53.4 Å². The minimum absolute atomic E-state index is 0.507. The number of thioether (sulfide) groups is 1. The third-order valence-corrected chi connectivity index (χ3v) is 3.95. The molecule has 1 atom stereocenters. The Balaban J connectivity index is 1.89. The molecule has 0 aliphatic carbocycles. The van der Waals surface area contributed by atoms with Gasteiger partial charge in [-0.2, -0.15) is 0 Å². The minimum Gasteiger partial charge on any atom is -0.492 e. The summed E-state index contributed by atoms with van der Waals surface area (Å²) in [5.74, 6) is 1.67. The second-order valence-corrected chi connectivity index (χ2v) is 5.90. The minimum atomic E-state index is -0.507.